The van der Waals surface area contributed by atoms with Crippen LogP contribution in [0.3, 0.4) is 0 Å². The van der Waals surface area contributed by atoms with Crippen LogP contribution in [0.4, 0.5) is 0 Å². The molecule has 6 heteroatoms. The lowest BCUT2D eigenvalue weighted by molar-refractivity contribution is -0.201. The summed E-state index contributed by atoms with van der Waals surface area (Å²) in [5.74, 6) is -1.25. The zero-order valence-electron chi connectivity index (χ0n) is 18.3. The monoisotopic (exact) mass is 416 g/mol. The van der Waals surface area contributed by atoms with Crippen molar-refractivity contribution < 1.29 is 29.6 Å². The van der Waals surface area contributed by atoms with Gasteiger partial charge in [-0.2, -0.15) is 0 Å². The Morgan fingerprint density at radius 1 is 1.37 bits per heavy atom. The first-order chi connectivity index (χ1) is 13.9. The summed E-state index contributed by atoms with van der Waals surface area (Å²) in [5, 5.41) is 33.5. The Bertz CT molecular complexity index is 897. The number of esters is 1. The average Bonchev–Trinajstić information content (AvgIpc) is 3.16. The Morgan fingerprint density at radius 2 is 2.00 bits per heavy atom. The van der Waals surface area contributed by atoms with Gasteiger partial charge in [-0.1, -0.05) is 39.5 Å². The number of carbonyl (C=O) groups is 2. The minimum atomic E-state index is -2.09. The molecule has 0 aromatic heterocycles. The van der Waals surface area contributed by atoms with E-state index >= 15 is 0 Å². The predicted octanol–water partition coefficient (Wildman–Crippen LogP) is 1.94. The molecule has 3 N–H and O–H groups in total. The third-order valence-corrected chi connectivity index (χ3v) is 8.47. The van der Waals surface area contributed by atoms with Crippen molar-refractivity contribution in [1.82, 2.24) is 0 Å². The van der Waals surface area contributed by atoms with Gasteiger partial charge in [-0.25, -0.2) is 4.79 Å². The molecule has 2 fully saturated rings. The van der Waals surface area contributed by atoms with E-state index in [4.69, 9.17) is 4.74 Å². The summed E-state index contributed by atoms with van der Waals surface area (Å²) in [6, 6.07) is 0. The topological polar surface area (TPSA) is 104 Å². The highest BCUT2D eigenvalue weighted by molar-refractivity contribution is 5.95. The molecule has 8 atom stereocenters. The quantitative estimate of drug-likeness (QED) is 0.369. The molecule has 0 aliphatic heterocycles. The molecular formula is C24H32O6. The summed E-state index contributed by atoms with van der Waals surface area (Å²) < 4.78 is 5.60. The second-order valence-electron chi connectivity index (χ2n) is 10.4. The van der Waals surface area contributed by atoms with E-state index in [9.17, 15) is 24.9 Å². The number of hydrogen-bond donors (Lipinski definition) is 3. The van der Waals surface area contributed by atoms with Gasteiger partial charge in [0.05, 0.1) is 12.0 Å². The van der Waals surface area contributed by atoms with E-state index in [2.05, 4.69) is 20.4 Å². The van der Waals surface area contributed by atoms with Gasteiger partial charge in [-0.15, -0.1) is 0 Å². The molecule has 30 heavy (non-hydrogen) atoms. The van der Waals surface area contributed by atoms with Gasteiger partial charge in [0, 0.05) is 11.5 Å². The molecule has 2 saturated carbocycles. The first-order valence-electron chi connectivity index (χ1n) is 10.7. The zero-order chi connectivity index (χ0) is 22.4. The van der Waals surface area contributed by atoms with Crippen molar-refractivity contribution in [3.8, 4) is 0 Å². The van der Waals surface area contributed by atoms with E-state index in [1.54, 1.807) is 19.1 Å². The molecule has 0 amide bonds. The van der Waals surface area contributed by atoms with Gasteiger partial charge in [0.1, 0.15) is 6.10 Å². The number of hydrogen-bond acceptors (Lipinski definition) is 6. The number of rotatable bonds is 3. The van der Waals surface area contributed by atoms with Crippen LogP contribution in [-0.4, -0.2) is 51.5 Å². The maximum atomic E-state index is 14.1. The predicted molar refractivity (Wildman–Crippen MR) is 110 cm³/mol. The normalized spacial score (nSPS) is 45.9. The summed E-state index contributed by atoms with van der Waals surface area (Å²) in [5.41, 5.74) is -2.63. The van der Waals surface area contributed by atoms with Crippen LogP contribution >= 0.6 is 0 Å². The van der Waals surface area contributed by atoms with Gasteiger partial charge >= 0.3 is 5.97 Å². The molecule has 1 spiro atoms. The number of aliphatic hydroxyl groups excluding tert-OH is 2. The third kappa shape index (κ3) is 2.36. The molecule has 0 aromatic rings. The highest BCUT2D eigenvalue weighted by Crippen LogP contribution is 2.71. The van der Waals surface area contributed by atoms with Crippen LogP contribution in [0, 0.1) is 34.5 Å². The van der Waals surface area contributed by atoms with Crippen molar-refractivity contribution in [2.45, 2.75) is 58.8 Å². The fraction of sp³-hybridized carbons (Fsp3) is 0.667. The van der Waals surface area contributed by atoms with Crippen molar-refractivity contribution >= 4 is 11.8 Å². The minimum Gasteiger partial charge on any atom is -0.451 e. The third-order valence-electron chi connectivity index (χ3n) is 8.47. The number of ether oxygens (including phenoxy) is 1. The van der Waals surface area contributed by atoms with E-state index in [-0.39, 0.29) is 34.2 Å². The van der Waals surface area contributed by atoms with Crippen molar-refractivity contribution in [2.75, 3.05) is 6.61 Å². The molecule has 164 valence electrons. The highest BCUT2D eigenvalue weighted by Gasteiger charge is 2.76. The standard InChI is InChI=1S/C24H32O6/c1-11(2)21(28)30-20-12(3)9-23-13(4)7-16-17(22(16,5)6)15(19(23)27)8-14(10-25)18(26)24(20,23)29/h8-9,13,15-18,20,25-26,29H,1,7,10H2,2-6H3/t13-,15+,16-,17+,18-,20+,23-,24+/m1/s1. The summed E-state index contributed by atoms with van der Waals surface area (Å²) in [6.07, 6.45) is 1.35. The average molecular weight is 417 g/mol. The van der Waals surface area contributed by atoms with Crippen molar-refractivity contribution in [1.29, 1.82) is 0 Å². The number of allylic oxidation sites excluding steroid dienone is 1. The molecule has 2 bridgehead atoms. The first-order valence-corrected chi connectivity index (χ1v) is 10.7. The highest BCUT2D eigenvalue weighted by atomic mass is 16.6. The van der Waals surface area contributed by atoms with Crippen molar-refractivity contribution in [3.63, 3.8) is 0 Å². The second-order valence-corrected chi connectivity index (χ2v) is 10.4. The van der Waals surface area contributed by atoms with Crippen LogP contribution in [0.15, 0.2) is 35.5 Å². The molecule has 0 aromatic carbocycles. The van der Waals surface area contributed by atoms with Crippen LogP contribution in [0.1, 0.15) is 41.0 Å². The molecule has 0 saturated heterocycles. The first kappa shape index (κ1) is 21.5. The molecular weight excluding hydrogens is 384 g/mol. The molecule has 0 unspecified atom stereocenters. The molecule has 4 aliphatic carbocycles. The van der Waals surface area contributed by atoms with Crippen LogP contribution in [0.5, 0.6) is 0 Å². The largest absolute Gasteiger partial charge is 0.451 e. The second kappa shape index (κ2) is 6.38. The van der Waals surface area contributed by atoms with E-state index in [0.717, 1.165) is 6.42 Å². The van der Waals surface area contributed by atoms with Crippen LogP contribution in [0.25, 0.3) is 0 Å². The molecule has 0 heterocycles. The lowest BCUT2D eigenvalue weighted by atomic mass is 9.59. The Balaban J connectivity index is 1.93. The number of fused-ring (bicyclic) bond motifs is 3. The van der Waals surface area contributed by atoms with E-state index < -0.39 is 41.7 Å². The number of aliphatic hydroxyl groups is 3. The smallest absolute Gasteiger partial charge is 0.333 e. The number of Topliss-reactive ketones (excluding diaryl/α,β-unsaturated/α-hetero) is 1. The van der Waals surface area contributed by atoms with E-state index in [1.807, 2.05) is 6.92 Å². The van der Waals surface area contributed by atoms with Crippen molar-refractivity contribution in [2.24, 2.45) is 34.5 Å². The van der Waals surface area contributed by atoms with E-state index in [0.29, 0.717) is 11.5 Å². The SMILES string of the molecule is C=C(C)C(=O)O[C@H]1C(C)=C[C@@]23C(=O)[C@@H](C=C(CO)[C@@H](O)[C@]12O)[C@H]1[C@@H](C[C@H]3C)C1(C)C. The minimum absolute atomic E-state index is 0.0240. The molecule has 4 aliphatic rings. The van der Waals surface area contributed by atoms with Crippen LogP contribution < -0.4 is 0 Å². The van der Waals surface area contributed by atoms with Gasteiger partial charge in [-0.3, -0.25) is 4.79 Å². The van der Waals surface area contributed by atoms with Gasteiger partial charge in [0.2, 0.25) is 0 Å². The van der Waals surface area contributed by atoms with Gasteiger partial charge in [0.25, 0.3) is 0 Å². The summed E-state index contributed by atoms with van der Waals surface area (Å²) in [4.78, 5) is 26.5. The summed E-state index contributed by atoms with van der Waals surface area (Å²) in [6.45, 7) is 12.5. The Labute approximate surface area is 177 Å². The van der Waals surface area contributed by atoms with E-state index in [1.165, 1.54) is 6.92 Å². The summed E-state index contributed by atoms with van der Waals surface area (Å²) in [7, 11) is 0. The van der Waals surface area contributed by atoms with Gasteiger partial charge in [0.15, 0.2) is 17.5 Å². The zero-order valence-corrected chi connectivity index (χ0v) is 18.3. The molecule has 4 rings (SSSR count). The number of carbonyl (C=O) groups excluding carboxylic acids is 2. The fourth-order valence-corrected chi connectivity index (χ4v) is 6.80. The Morgan fingerprint density at radius 3 is 2.57 bits per heavy atom. The Hall–Kier alpha value is -1.76. The lowest BCUT2D eigenvalue weighted by Crippen LogP contribution is -2.65. The maximum Gasteiger partial charge on any atom is 0.333 e. The van der Waals surface area contributed by atoms with Gasteiger partial charge in [-0.05, 0) is 54.6 Å². The van der Waals surface area contributed by atoms with Crippen LogP contribution in [0.2, 0.25) is 0 Å². The molecule has 0 radical (unpaired) electrons. The van der Waals surface area contributed by atoms with Gasteiger partial charge < -0.3 is 20.1 Å². The van der Waals surface area contributed by atoms with Crippen LogP contribution in [-0.2, 0) is 14.3 Å². The summed E-state index contributed by atoms with van der Waals surface area (Å²) >= 11 is 0. The molecule has 6 nitrogen and oxygen atoms in total. The maximum absolute atomic E-state index is 14.1. The number of ketones is 1. The van der Waals surface area contributed by atoms with Crippen molar-refractivity contribution in [3.05, 3.63) is 35.5 Å². The lowest BCUT2D eigenvalue weighted by Gasteiger charge is -2.48. The fourth-order valence-electron chi connectivity index (χ4n) is 6.80. The Kier molecular flexibility index (Phi) is 4.56.